The van der Waals surface area contributed by atoms with Crippen LogP contribution >= 0.6 is 0 Å². The fraction of sp³-hybridized carbons (Fsp3) is 0.515. The smallest absolute Gasteiger partial charge is 0.272 e. The largest absolute Gasteiger partial charge is 0.492 e. The van der Waals surface area contributed by atoms with Gasteiger partial charge in [0.25, 0.3) is 5.91 Å². The minimum absolute atomic E-state index is 0.0123. The van der Waals surface area contributed by atoms with Crippen LogP contribution in [0.25, 0.3) is 10.9 Å². The molecule has 0 aliphatic carbocycles. The fourth-order valence-electron chi connectivity index (χ4n) is 6.59. The molecule has 2 aromatic carbocycles. The van der Waals surface area contributed by atoms with Crippen LogP contribution in [-0.2, 0) is 28.4 Å². The van der Waals surface area contributed by atoms with Crippen LogP contribution in [0.1, 0.15) is 60.6 Å². The molecule has 0 radical (unpaired) electrons. The van der Waals surface area contributed by atoms with Gasteiger partial charge in [0.2, 0.25) is 15.9 Å². The third-order valence-corrected chi connectivity index (χ3v) is 9.89. The number of carbonyl (C=O) groups excluding carboxylic acids is 2. The third-order valence-electron chi connectivity index (χ3n) is 9.30. The summed E-state index contributed by atoms with van der Waals surface area (Å²) in [6.45, 7) is 8.83. The van der Waals surface area contributed by atoms with Crippen LogP contribution in [0.4, 0.5) is 11.4 Å². The number of rotatable bonds is 10. The lowest BCUT2D eigenvalue weighted by molar-refractivity contribution is -0.137. The van der Waals surface area contributed by atoms with Gasteiger partial charge in [-0.05, 0) is 68.1 Å². The Morgan fingerprint density at radius 1 is 1.04 bits per heavy atom. The summed E-state index contributed by atoms with van der Waals surface area (Å²) in [7, 11) is 1.79. The molecule has 2 N–H and O–H groups in total. The van der Waals surface area contributed by atoms with Gasteiger partial charge in [-0.2, -0.15) is 0 Å². The van der Waals surface area contributed by atoms with Gasteiger partial charge in [0.15, 0.2) is 5.75 Å². The first kappa shape index (κ1) is 32.8. The average molecular weight is 639 g/mol. The molecule has 5 rings (SSSR count). The van der Waals surface area contributed by atoms with E-state index in [0.717, 1.165) is 67.2 Å². The molecule has 12 heteroatoms. The summed E-state index contributed by atoms with van der Waals surface area (Å²) < 4.78 is 34.3. The molecule has 2 saturated heterocycles. The Labute approximate surface area is 266 Å². The molecule has 45 heavy (non-hydrogen) atoms. The fourth-order valence-corrected chi connectivity index (χ4v) is 7.14. The zero-order valence-corrected chi connectivity index (χ0v) is 28.0. The van der Waals surface area contributed by atoms with Gasteiger partial charge in [-0.1, -0.05) is 32.0 Å². The number of carbonyl (C=O) groups is 2. The normalized spacial score (nSPS) is 18.7. The van der Waals surface area contributed by atoms with Crippen LogP contribution in [0.2, 0.25) is 0 Å². The molecule has 1 unspecified atom stereocenters. The molecule has 1 aromatic heterocycles. The number of para-hydroxylation sites is 1. The number of nitrogens with zero attached hydrogens (tertiary/aromatic N) is 4. The highest BCUT2D eigenvalue weighted by atomic mass is 32.2. The second kappa shape index (κ2) is 13.4. The van der Waals surface area contributed by atoms with E-state index in [0.29, 0.717) is 31.0 Å². The number of fused-ring (bicyclic) bond motifs is 1. The Balaban J connectivity index is 1.36. The highest BCUT2D eigenvalue weighted by Crippen LogP contribution is 2.38. The summed E-state index contributed by atoms with van der Waals surface area (Å²) in [6.07, 6.45) is 3.94. The number of likely N-dealkylation sites (tertiary alicyclic amines) is 1. The van der Waals surface area contributed by atoms with E-state index in [1.807, 2.05) is 47.8 Å². The number of benzene rings is 2. The Morgan fingerprint density at radius 3 is 2.38 bits per heavy atom. The van der Waals surface area contributed by atoms with Crippen LogP contribution in [0.5, 0.6) is 5.75 Å². The van der Waals surface area contributed by atoms with Gasteiger partial charge in [0.05, 0.1) is 36.3 Å². The van der Waals surface area contributed by atoms with Crippen molar-refractivity contribution in [1.82, 2.24) is 19.3 Å². The van der Waals surface area contributed by atoms with Gasteiger partial charge in [0.1, 0.15) is 5.69 Å². The van der Waals surface area contributed by atoms with E-state index in [-0.39, 0.29) is 35.2 Å². The number of amides is 2. The quantitative estimate of drug-likeness (QED) is 0.344. The Bertz CT molecular complexity index is 1680. The molecule has 11 nitrogen and oxygen atoms in total. The van der Waals surface area contributed by atoms with Crippen molar-refractivity contribution in [2.45, 2.75) is 51.6 Å². The van der Waals surface area contributed by atoms with Gasteiger partial charge in [-0.25, -0.2) is 8.42 Å². The van der Waals surface area contributed by atoms with Gasteiger partial charge >= 0.3 is 0 Å². The van der Waals surface area contributed by atoms with Crippen LogP contribution in [0.3, 0.4) is 0 Å². The van der Waals surface area contributed by atoms with Gasteiger partial charge in [0, 0.05) is 45.2 Å². The van der Waals surface area contributed by atoms with E-state index in [4.69, 9.17) is 4.74 Å². The van der Waals surface area contributed by atoms with Crippen molar-refractivity contribution >= 4 is 44.1 Å². The number of methoxy groups -OCH3 is 1. The number of nitrogens with one attached hydrogen (secondary N) is 2. The first-order valence-electron chi connectivity index (χ1n) is 15.7. The second-order valence-corrected chi connectivity index (χ2v) is 14.2. The predicted molar refractivity (Wildman–Crippen MR) is 179 cm³/mol. The standard InChI is InChI=1S/C33H46N6O5S/c1-7-22(2)25-18-26(31(44-5)27(19-25)35-45(6,42)43)34-32(40)29-20-23-10-8-11-24(30(23)37(29)4)21-38-14-16-39(17-15-38)33(41)28-12-9-13-36(28)3/h8,10-11,18-20,22,28,35H,7,9,12-17,21H2,1-6H3,(H,34,40)/t22?,28-/m0/s1. The van der Waals surface area contributed by atoms with E-state index >= 15 is 0 Å². The molecular weight excluding hydrogens is 592 g/mol. The molecule has 2 amide bonds. The van der Waals surface area contributed by atoms with Crippen molar-refractivity contribution in [3.05, 3.63) is 53.2 Å². The molecule has 3 heterocycles. The van der Waals surface area contributed by atoms with E-state index in [2.05, 4.69) is 39.8 Å². The van der Waals surface area contributed by atoms with E-state index < -0.39 is 10.0 Å². The number of hydrogen-bond acceptors (Lipinski definition) is 7. The lowest BCUT2D eigenvalue weighted by Gasteiger charge is -2.37. The van der Waals surface area contributed by atoms with Crippen LogP contribution in [-0.4, -0.2) is 98.7 Å². The number of hydrogen-bond donors (Lipinski definition) is 2. The maximum atomic E-state index is 13.8. The summed E-state index contributed by atoms with van der Waals surface area (Å²) in [5.74, 6) is 0.308. The maximum absolute atomic E-state index is 13.8. The third kappa shape index (κ3) is 7.13. The average Bonchev–Trinajstić information content (AvgIpc) is 3.59. The van der Waals surface area contributed by atoms with Gasteiger partial charge in [-0.15, -0.1) is 0 Å². The highest BCUT2D eigenvalue weighted by molar-refractivity contribution is 7.92. The SMILES string of the molecule is CCC(C)c1cc(NC(=O)c2cc3cccc(CN4CCN(C(=O)[C@@H]5CCCN5C)CC4)c3n2C)c(OC)c(NS(C)(=O)=O)c1. The number of sulfonamides is 1. The van der Waals surface area contributed by atoms with Gasteiger partial charge in [-0.3, -0.25) is 24.1 Å². The summed E-state index contributed by atoms with van der Waals surface area (Å²) >= 11 is 0. The van der Waals surface area contributed by atoms with Crippen molar-refractivity contribution in [2.75, 3.05) is 63.2 Å². The first-order valence-corrected chi connectivity index (χ1v) is 17.6. The molecule has 2 aliphatic rings. The Kier molecular flexibility index (Phi) is 9.76. The van der Waals surface area contributed by atoms with Crippen LogP contribution in [0, 0.1) is 0 Å². The minimum Gasteiger partial charge on any atom is -0.492 e. The molecule has 0 saturated carbocycles. The zero-order valence-electron chi connectivity index (χ0n) is 27.2. The lowest BCUT2D eigenvalue weighted by Crippen LogP contribution is -2.52. The molecule has 0 bridgehead atoms. The summed E-state index contributed by atoms with van der Waals surface area (Å²) in [5, 5.41) is 3.95. The highest BCUT2D eigenvalue weighted by Gasteiger charge is 2.33. The topological polar surface area (TPSA) is 116 Å². The number of aryl methyl sites for hydroxylation is 1. The van der Waals surface area contributed by atoms with Crippen molar-refractivity contribution in [2.24, 2.45) is 7.05 Å². The van der Waals surface area contributed by atoms with E-state index in [1.54, 1.807) is 6.07 Å². The van der Waals surface area contributed by atoms with Crippen LogP contribution in [0.15, 0.2) is 36.4 Å². The molecule has 2 aliphatic heterocycles. The number of ether oxygens (including phenoxy) is 1. The van der Waals surface area contributed by atoms with Crippen molar-refractivity contribution in [3.63, 3.8) is 0 Å². The molecular formula is C33H46N6O5S. The van der Waals surface area contributed by atoms with E-state index in [1.165, 1.54) is 7.11 Å². The maximum Gasteiger partial charge on any atom is 0.272 e. The minimum atomic E-state index is -3.58. The molecule has 2 fully saturated rings. The molecule has 2 atom stereocenters. The second-order valence-electron chi connectivity index (χ2n) is 12.5. The van der Waals surface area contributed by atoms with Crippen LogP contribution < -0.4 is 14.8 Å². The lowest BCUT2D eigenvalue weighted by atomic mass is 9.97. The Hall–Kier alpha value is -3.61. The van der Waals surface area contributed by atoms with Crippen molar-refractivity contribution < 1.29 is 22.7 Å². The predicted octanol–water partition coefficient (Wildman–Crippen LogP) is 4.06. The van der Waals surface area contributed by atoms with Gasteiger partial charge < -0.3 is 19.5 Å². The summed E-state index contributed by atoms with van der Waals surface area (Å²) in [4.78, 5) is 33.4. The van der Waals surface area contributed by atoms with Crippen molar-refractivity contribution in [1.29, 1.82) is 0 Å². The zero-order chi connectivity index (χ0) is 32.5. The molecule has 244 valence electrons. The molecule has 0 spiro atoms. The van der Waals surface area contributed by atoms with Crippen molar-refractivity contribution in [3.8, 4) is 5.75 Å². The number of likely N-dealkylation sites (N-methyl/N-ethyl adjacent to an activating group) is 1. The van der Waals surface area contributed by atoms with E-state index in [9.17, 15) is 18.0 Å². The summed E-state index contributed by atoms with van der Waals surface area (Å²) in [5.41, 5.74) is 4.13. The first-order chi connectivity index (χ1) is 21.4. The number of piperazine rings is 1. The summed E-state index contributed by atoms with van der Waals surface area (Å²) in [6, 6.07) is 11.6. The Morgan fingerprint density at radius 2 is 1.76 bits per heavy atom. The number of aromatic nitrogens is 1. The monoisotopic (exact) mass is 638 g/mol. The molecule has 3 aromatic rings. The number of anilines is 2.